The maximum absolute atomic E-state index is 12.3. The number of hydrogen-bond donors (Lipinski definition) is 1. The van der Waals surface area contributed by atoms with Crippen molar-refractivity contribution < 1.29 is 9.59 Å². The van der Waals surface area contributed by atoms with E-state index in [1.807, 2.05) is 37.3 Å². The van der Waals surface area contributed by atoms with Gasteiger partial charge in [0.15, 0.2) is 0 Å². The topological polar surface area (TPSA) is 49.4 Å². The molecule has 1 heterocycles. The van der Waals surface area contributed by atoms with Gasteiger partial charge in [-0.05, 0) is 61.4 Å². The molecular weight excluding hydrogens is 356 g/mol. The Bertz CT molecular complexity index is 756. The van der Waals surface area contributed by atoms with Crippen molar-refractivity contribution in [2.75, 3.05) is 16.8 Å². The van der Waals surface area contributed by atoms with E-state index in [1.165, 1.54) is 0 Å². The number of hydrogen-bond acceptors (Lipinski definition) is 2. The van der Waals surface area contributed by atoms with Crippen LogP contribution in [0.25, 0.3) is 0 Å². The van der Waals surface area contributed by atoms with Crippen LogP contribution in [0.15, 0.2) is 46.9 Å². The summed E-state index contributed by atoms with van der Waals surface area (Å²) < 4.78 is 0.979. The molecule has 1 saturated heterocycles. The second-order valence-electron chi connectivity index (χ2n) is 5.61. The minimum absolute atomic E-state index is 0.146. The molecule has 3 rings (SSSR count). The summed E-state index contributed by atoms with van der Waals surface area (Å²) in [6.07, 6.45) is 1.50. The molecule has 2 aromatic carbocycles. The molecule has 1 N–H and O–H groups in total. The summed E-state index contributed by atoms with van der Waals surface area (Å²) in [5.41, 5.74) is 3.20. The van der Waals surface area contributed by atoms with Gasteiger partial charge in [0.05, 0.1) is 0 Å². The number of benzene rings is 2. The predicted molar refractivity (Wildman–Crippen MR) is 94.9 cm³/mol. The molecule has 2 amide bonds. The lowest BCUT2D eigenvalue weighted by molar-refractivity contribution is -0.117. The summed E-state index contributed by atoms with van der Waals surface area (Å²) in [5, 5.41) is 2.91. The van der Waals surface area contributed by atoms with Crippen LogP contribution in [0.1, 0.15) is 28.8 Å². The first-order valence-corrected chi connectivity index (χ1v) is 8.32. The van der Waals surface area contributed by atoms with Gasteiger partial charge in [-0.2, -0.15) is 0 Å². The van der Waals surface area contributed by atoms with Crippen molar-refractivity contribution in [2.45, 2.75) is 19.8 Å². The summed E-state index contributed by atoms with van der Waals surface area (Å²) >= 11 is 3.41. The zero-order chi connectivity index (χ0) is 16.4. The molecule has 23 heavy (non-hydrogen) atoms. The Morgan fingerprint density at radius 2 is 1.91 bits per heavy atom. The van der Waals surface area contributed by atoms with Crippen LogP contribution in [0.5, 0.6) is 0 Å². The molecule has 0 saturated carbocycles. The van der Waals surface area contributed by atoms with Gasteiger partial charge in [0.25, 0.3) is 5.91 Å². The highest BCUT2D eigenvalue weighted by Gasteiger charge is 2.21. The van der Waals surface area contributed by atoms with Crippen LogP contribution in [-0.4, -0.2) is 18.4 Å². The van der Waals surface area contributed by atoms with Crippen LogP contribution in [0.2, 0.25) is 0 Å². The number of nitrogens with zero attached hydrogens (tertiary/aromatic N) is 1. The molecule has 0 unspecified atom stereocenters. The molecule has 4 nitrogen and oxygen atoms in total. The van der Waals surface area contributed by atoms with Gasteiger partial charge in [0.2, 0.25) is 5.91 Å². The molecule has 1 aliphatic heterocycles. The number of rotatable bonds is 3. The van der Waals surface area contributed by atoms with E-state index >= 15 is 0 Å². The molecule has 0 bridgehead atoms. The minimum atomic E-state index is -0.158. The number of aryl methyl sites for hydroxylation is 1. The van der Waals surface area contributed by atoms with Crippen LogP contribution < -0.4 is 10.2 Å². The van der Waals surface area contributed by atoms with Crippen molar-refractivity contribution in [1.29, 1.82) is 0 Å². The van der Waals surface area contributed by atoms with Gasteiger partial charge in [-0.25, -0.2) is 0 Å². The van der Waals surface area contributed by atoms with Crippen LogP contribution >= 0.6 is 15.9 Å². The van der Waals surface area contributed by atoms with Crippen molar-refractivity contribution in [2.24, 2.45) is 0 Å². The van der Waals surface area contributed by atoms with Crippen molar-refractivity contribution >= 4 is 39.1 Å². The fourth-order valence-electron chi connectivity index (χ4n) is 2.68. The number of anilines is 2. The third-order valence-corrected chi connectivity index (χ3v) is 4.44. The van der Waals surface area contributed by atoms with Crippen LogP contribution in [0.3, 0.4) is 0 Å². The first kappa shape index (κ1) is 15.7. The SMILES string of the molecule is Cc1cc(Br)ccc1NC(=O)c1ccc(N2CCCC2=O)cc1. The molecule has 118 valence electrons. The predicted octanol–water partition coefficient (Wildman–Crippen LogP) is 4.14. The Kier molecular flexibility index (Phi) is 4.48. The number of carbonyl (C=O) groups excluding carboxylic acids is 2. The fourth-order valence-corrected chi connectivity index (χ4v) is 3.15. The van der Waals surface area contributed by atoms with E-state index in [2.05, 4.69) is 21.2 Å². The molecule has 0 aromatic heterocycles. The molecular formula is C18H17BrN2O2. The van der Waals surface area contributed by atoms with Crippen LogP contribution in [0, 0.1) is 6.92 Å². The van der Waals surface area contributed by atoms with E-state index in [0.717, 1.165) is 34.4 Å². The number of amides is 2. The third kappa shape index (κ3) is 3.45. The Labute approximate surface area is 143 Å². The second kappa shape index (κ2) is 6.54. The van der Waals surface area contributed by atoms with Crippen molar-refractivity contribution in [3.8, 4) is 0 Å². The summed E-state index contributed by atoms with van der Waals surface area (Å²) in [5.74, 6) is -0.0117. The normalized spacial score (nSPS) is 14.2. The fraction of sp³-hybridized carbons (Fsp3) is 0.222. The number of halogens is 1. The molecule has 1 fully saturated rings. The van der Waals surface area contributed by atoms with E-state index in [-0.39, 0.29) is 11.8 Å². The van der Waals surface area contributed by atoms with Crippen molar-refractivity contribution in [3.05, 3.63) is 58.1 Å². The Morgan fingerprint density at radius 3 is 2.52 bits per heavy atom. The lowest BCUT2D eigenvalue weighted by Gasteiger charge is -2.16. The largest absolute Gasteiger partial charge is 0.322 e. The van der Waals surface area contributed by atoms with Gasteiger partial charge in [0, 0.05) is 34.4 Å². The zero-order valence-electron chi connectivity index (χ0n) is 12.8. The number of nitrogens with one attached hydrogen (secondary N) is 1. The third-order valence-electron chi connectivity index (χ3n) is 3.95. The lowest BCUT2D eigenvalue weighted by atomic mass is 10.1. The smallest absolute Gasteiger partial charge is 0.255 e. The van der Waals surface area contributed by atoms with Crippen LogP contribution in [0.4, 0.5) is 11.4 Å². The quantitative estimate of drug-likeness (QED) is 0.879. The first-order chi connectivity index (χ1) is 11.0. The van der Waals surface area contributed by atoms with Crippen LogP contribution in [-0.2, 0) is 4.79 Å². The molecule has 0 atom stereocenters. The molecule has 0 radical (unpaired) electrons. The van der Waals surface area contributed by atoms with Gasteiger partial charge in [-0.15, -0.1) is 0 Å². The highest BCUT2D eigenvalue weighted by atomic mass is 79.9. The van der Waals surface area contributed by atoms with Gasteiger partial charge in [-0.1, -0.05) is 15.9 Å². The summed E-state index contributed by atoms with van der Waals surface area (Å²) in [7, 11) is 0. The van der Waals surface area contributed by atoms with E-state index in [1.54, 1.807) is 17.0 Å². The monoisotopic (exact) mass is 372 g/mol. The Hall–Kier alpha value is -2.14. The standard InChI is InChI=1S/C18H17BrN2O2/c1-12-11-14(19)6-9-16(12)20-18(23)13-4-7-15(8-5-13)21-10-2-3-17(21)22/h4-9,11H,2-3,10H2,1H3,(H,20,23). The Morgan fingerprint density at radius 1 is 1.17 bits per heavy atom. The maximum atomic E-state index is 12.3. The average Bonchev–Trinajstić information content (AvgIpc) is 2.96. The first-order valence-electron chi connectivity index (χ1n) is 7.52. The average molecular weight is 373 g/mol. The molecule has 2 aromatic rings. The highest BCUT2D eigenvalue weighted by Crippen LogP contribution is 2.23. The summed E-state index contributed by atoms with van der Waals surface area (Å²) in [6.45, 7) is 2.70. The van der Waals surface area contributed by atoms with Gasteiger partial charge in [-0.3, -0.25) is 9.59 Å². The summed E-state index contributed by atoms with van der Waals surface area (Å²) in [6, 6.07) is 12.9. The lowest BCUT2D eigenvalue weighted by Crippen LogP contribution is -2.23. The highest BCUT2D eigenvalue weighted by molar-refractivity contribution is 9.10. The van der Waals surface area contributed by atoms with E-state index in [4.69, 9.17) is 0 Å². The minimum Gasteiger partial charge on any atom is -0.322 e. The molecule has 0 spiro atoms. The van der Waals surface area contributed by atoms with E-state index < -0.39 is 0 Å². The van der Waals surface area contributed by atoms with Crippen molar-refractivity contribution in [1.82, 2.24) is 0 Å². The molecule has 1 aliphatic rings. The number of carbonyl (C=O) groups is 2. The van der Waals surface area contributed by atoms with Gasteiger partial charge < -0.3 is 10.2 Å². The van der Waals surface area contributed by atoms with Gasteiger partial charge in [0.1, 0.15) is 0 Å². The van der Waals surface area contributed by atoms with Gasteiger partial charge >= 0.3 is 0 Å². The summed E-state index contributed by atoms with van der Waals surface area (Å²) in [4.78, 5) is 25.9. The van der Waals surface area contributed by atoms with Crippen molar-refractivity contribution in [3.63, 3.8) is 0 Å². The second-order valence-corrected chi connectivity index (χ2v) is 6.52. The molecule has 5 heteroatoms. The van der Waals surface area contributed by atoms with E-state index in [0.29, 0.717) is 12.0 Å². The maximum Gasteiger partial charge on any atom is 0.255 e. The zero-order valence-corrected chi connectivity index (χ0v) is 14.4. The Balaban J connectivity index is 1.74. The van der Waals surface area contributed by atoms with E-state index in [9.17, 15) is 9.59 Å². The molecule has 0 aliphatic carbocycles.